The van der Waals surface area contributed by atoms with Gasteiger partial charge in [0, 0.05) is 37.7 Å². The van der Waals surface area contributed by atoms with Crippen molar-refractivity contribution in [2.75, 3.05) is 23.9 Å². The molecule has 0 bridgehead atoms. The standard InChI is InChI=1S/C25H20N4O3S/c1-28(2)17-9-7-15(8-10-17)21-20(22(30)16-11-13-26-14-12-16)23(31)24(32)29(21)25-27-18-5-3-4-6-19(18)33-25/h3-14,21,30H,1-2H3/b22-20+. The van der Waals surface area contributed by atoms with Gasteiger partial charge in [-0.25, -0.2) is 4.98 Å². The summed E-state index contributed by atoms with van der Waals surface area (Å²) in [5.74, 6) is -1.70. The number of ketones is 1. The third kappa shape index (κ3) is 3.54. The van der Waals surface area contributed by atoms with Crippen molar-refractivity contribution in [2.24, 2.45) is 0 Å². The Morgan fingerprint density at radius 3 is 2.36 bits per heavy atom. The van der Waals surface area contributed by atoms with Gasteiger partial charge in [0.15, 0.2) is 5.13 Å². The zero-order valence-electron chi connectivity index (χ0n) is 18.0. The van der Waals surface area contributed by atoms with E-state index in [2.05, 4.69) is 9.97 Å². The predicted octanol–water partition coefficient (Wildman–Crippen LogP) is 4.38. The van der Waals surface area contributed by atoms with Crippen molar-refractivity contribution in [1.82, 2.24) is 9.97 Å². The molecular weight excluding hydrogens is 436 g/mol. The van der Waals surface area contributed by atoms with Gasteiger partial charge in [-0.1, -0.05) is 35.6 Å². The van der Waals surface area contributed by atoms with Crippen LogP contribution in [0.5, 0.6) is 0 Å². The Morgan fingerprint density at radius 1 is 1.00 bits per heavy atom. The Bertz CT molecular complexity index is 1360. The second kappa shape index (κ2) is 8.14. The number of hydrogen-bond donors (Lipinski definition) is 1. The summed E-state index contributed by atoms with van der Waals surface area (Å²) in [5, 5.41) is 11.5. The number of benzene rings is 2. The minimum absolute atomic E-state index is 0.0306. The first-order chi connectivity index (χ1) is 16.0. The van der Waals surface area contributed by atoms with Crippen LogP contribution >= 0.6 is 11.3 Å². The summed E-state index contributed by atoms with van der Waals surface area (Å²) in [6.45, 7) is 0. The average molecular weight is 457 g/mol. The highest BCUT2D eigenvalue weighted by atomic mass is 32.1. The number of carbonyl (C=O) groups excluding carboxylic acids is 2. The number of aliphatic hydroxyl groups excluding tert-OH is 1. The fourth-order valence-corrected chi connectivity index (χ4v) is 4.92. The second-order valence-corrected chi connectivity index (χ2v) is 8.86. The molecule has 0 spiro atoms. The highest BCUT2D eigenvalue weighted by molar-refractivity contribution is 7.22. The fourth-order valence-electron chi connectivity index (χ4n) is 3.93. The van der Waals surface area contributed by atoms with E-state index in [4.69, 9.17) is 0 Å². The van der Waals surface area contributed by atoms with Crippen LogP contribution in [0.2, 0.25) is 0 Å². The monoisotopic (exact) mass is 456 g/mol. The van der Waals surface area contributed by atoms with E-state index >= 15 is 0 Å². The first-order valence-electron chi connectivity index (χ1n) is 10.3. The number of pyridine rings is 1. The number of aliphatic hydroxyl groups is 1. The SMILES string of the molecule is CN(C)c1ccc(C2/C(=C(\O)c3ccncc3)C(=O)C(=O)N2c2nc3ccccc3s2)cc1. The molecule has 1 aliphatic rings. The molecular formula is C25H20N4O3S. The van der Waals surface area contributed by atoms with Gasteiger partial charge in [-0.05, 0) is 42.0 Å². The van der Waals surface area contributed by atoms with Crippen molar-refractivity contribution < 1.29 is 14.7 Å². The molecule has 7 nitrogen and oxygen atoms in total. The van der Waals surface area contributed by atoms with Gasteiger partial charge in [-0.3, -0.25) is 19.5 Å². The van der Waals surface area contributed by atoms with E-state index in [1.54, 1.807) is 12.1 Å². The highest BCUT2D eigenvalue weighted by Gasteiger charge is 2.48. The number of Topliss-reactive ketones (excluding diaryl/α,β-unsaturated/α-hetero) is 1. The molecule has 4 aromatic rings. The normalized spacial score (nSPS) is 17.6. The lowest BCUT2D eigenvalue weighted by atomic mass is 9.95. The van der Waals surface area contributed by atoms with E-state index in [1.807, 2.05) is 67.5 Å². The van der Waals surface area contributed by atoms with E-state index in [9.17, 15) is 14.7 Å². The second-order valence-electron chi connectivity index (χ2n) is 7.86. The average Bonchev–Trinajstić information content (AvgIpc) is 3.38. The number of nitrogens with zero attached hydrogens (tertiary/aromatic N) is 4. The van der Waals surface area contributed by atoms with E-state index < -0.39 is 17.7 Å². The summed E-state index contributed by atoms with van der Waals surface area (Å²) < 4.78 is 0.908. The molecule has 33 heavy (non-hydrogen) atoms. The number of fused-ring (bicyclic) bond motifs is 1. The number of hydrogen-bond acceptors (Lipinski definition) is 7. The maximum absolute atomic E-state index is 13.3. The lowest BCUT2D eigenvalue weighted by molar-refractivity contribution is -0.132. The molecule has 1 N–H and O–H groups in total. The fraction of sp³-hybridized carbons (Fsp3) is 0.120. The number of amides is 1. The first-order valence-corrected chi connectivity index (χ1v) is 11.1. The van der Waals surface area contributed by atoms with Crippen LogP contribution in [0.1, 0.15) is 17.2 Å². The van der Waals surface area contributed by atoms with Gasteiger partial charge in [-0.15, -0.1) is 0 Å². The van der Waals surface area contributed by atoms with Crippen molar-refractivity contribution in [3.05, 3.63) is 89.8 Å². The molecule has 0 aliphatic carbocycles. The summed E-state index contributed by atoms with van der Waals surface area (Å²) in [5.41, 5.74) is 2.87. The topological polar surface area (TPSA) is 86.6 Å². The van der Waals surface area contributed by atoms with Gasteiger partial charge in [0.25, 0.3) is 5.78 Å². The van der Waals surface area contributed by atoms with Crippen molar-refractivity contribution in [2.45, 2.75) is 6.04 Å². The first kappa shape index (κ1) is 20.8. The van der Waals surface area contributed by atoms with Crippen LogP contribution in [-0.2, 0) is 9.59 Å². The van der Waals surface area contributed by atoms with Gasteiger partial charge in [0.2, 0.25) is 0 Å². The molecule has 164 valence electrons. The Labute approximate surface area is 194 Å². The minimum atomic E-state index is -0.810. The molecule has 1 fully saturated rings. The van der Waals surface area contributed by atoms with Crippen LogP contribution in [0.15, 0.2) is 78.6 Å². The van der Waals surface area contributed by atoms with E-state index in [-0.39, 0.29) is 11.3 Å². The number of carbonyl (C=O) groups is 2. The van der Waals surface area contributed by atoms with Crippen molar-refractivity contribution in [3.8, 4) is 0 Å². The van der Waals surface area contributed by atoms with Crippen LogP contribution in [0.4, 0.5) is 10.8 Å². The van der Waals surface area contributed by atoms with E-state index in [0.717, 1.165) is 15.9 Å². The summed E-state index contributed by atoms with van der Waals surface area (Å²) in [4.78, 5) is 38.4. The van der Waals surface area contributed by atoms with Gasteiger partial charge in [0.05, 0.1) is 21.8 Å². The number of anilines is 2. The van der Waals surface area contributed by atoms with Crippen LogP contribution in [0, 0.1) is 0 Å². The molecule has 1 saturated heterocycles. The van der Waals surface area contributed by atoms with Gasteiger partial charge in [0.1, 0.15) is 5.76 Å². The van der Waals surface area contributed by atoms with Crippen LogP contribution in [0.3, 0.4) is 0 Å². The molecule has 8 heteroatoms. The maximum Gasteiger partial charge on any atom is 0.301 e. The Hall–Kier alpha value is -4.04. The van der Waals surface area contributed by atoms with E-state index in [0.29, 0.717) is 16.3 Å². The lowest BCUT2D eigenvalue weighted by Gasteiger charge is -2.23. The summed E-state index contributed by atoms with van der Waals surface area (Å²) in [6, 6.07) is 17.5. The van der Waals surface area contributed by atoms with Crippen molar-refractivity contribution in [3.63, 3.8) is 0 Å². The third-order valence-corrected chi connectivity index (χ3v) is 6.65. The molecule has 0 radical (unpaired) electrons. The molecule has 2 aromatic heterocycles. The van der Waals surface area contributed by atoms with E-state index in [1.165, 1.54) is 28.6 Å². The molecule has 1 unspecified atom stereocenters. The van der Waals surface area contributed by atoms with Crippen LogP contribution in [-0.4, -0.2) is 40.9 Å². The smallest absolute Gasteiger partial charge is 0.301 e. The largest absolute Gasteiger partial charge is 0.507 e. The van der Waals surface area contributed by atoms with Crippen molar-refractivity contribution >= 4 is 49.8 Å². The van der Waals surface area contributed by atoms with Gasteiger partial charge >= 0.3 is 5.91 Å². The zero-order chi connectivity index (χ0) is 23.1. The molecule has 1 amide bonds. The van der Waals surface area contributed by atoms with Crippen LogP contribution < -0.4 is 9.80 Å². The third-order valence-electron chi connectivity index (χ3n) is 5.61. The molecule has 3 heterocycles. The number of aromatic nitrogens is 2. The van der Waals surface area contributed by atoms with Crippen LogP contribution in [0.25, 0.3) is 16.0 Å². The lowest BCUT2D eigenvalue weighted by Crippen LogP contribution is -2.29. The Morgan fingerprint density at radius 2 is 1.70 bits per heavy atom. The summed E-state index contributed by atoms with van der Waals surface area (Å²) in [6.07, 6.45) is 3.05. The van der Waals surface area contributed by atoms with Crippen molar-refractivity contribution in [1.29, 1.82) is 0 Å². The number of para-hydroxylation sites is 1. The highest BCUT2D eigenvalue weighted by Crippen LogP contribution is 2.44. The Balaban J connectivity index is 1.72. The molecule has 0 saturated carbocycles. The number of thiazole rings is 1. The quantitative estimate of drug-likeness (QED) is 0.279. The predicted molar refractivity (Wildman–Crippen MR) is 129 cm³/mol. The summed E-state index contributed by atoms with van der Waals surface area (Å²) in [7, 11) is 3.87. The minimum Gasteiger partial charge on any atom is -0.507 e. The Kier molecular flexibility index (Phi) is 5.14. The zero-order valence-corrected chi connectivity index (χ0v) is 18.8. The molecule has 1 aliphatic heterocycles. The molecule has 5 rings (SSSR count). The maximum atomic E-state index is 13.3. The van der Waals surface area contributed by atoms with Gasteiger partial charge in [-0.2, -0.15) is 0 Å². The number of rotatable bonds is 4. The van der Waals surface area contributed by atoms with Gasteiger partial charge < -0.3 is 10.0 Å². The molecule has 2 aromatic carbocycles. The molecule has 1 atom stereocenters. The summed E-state index contributed by atoms with van der Waals surface area (Å²) >= 11 is 1.34.